The van der Waals surface area contributed by atoms with E-state index in [4.69, 9.17) is 23.2 Å². The number of aromatic amines is 1. The second-order valence-electron chi connectivity index (χ2n) is 8.14. The monoisotopic (exact) mass is 743 g/mol. The van der Waals surface area contributed by atoms with Gasteiger partial charge in [0.25, 0.3) is 10.0 Å². The molecule has 1 saturated carbocycles. The van der Waals surface area contributed by atoms with E-state index in [1.165, 1.54) is 22.8 Å². The van der Waals surface area contributed by atoms with E-state index in [-0.39, 0.29) is 51.7 Å². The number of hydrogen-bond donors (Lipinski definition) is 2. The van der Waals surface area contributed by atoms with Gasteiger partial charge in [0.1, 0.15) is 5.82 Å². The van der Waals surface area contributed by atoms with Crippen LogP contribution in [0, 0.1) is 43.9 Å². The zero-order chi connectivity index (χ0) is 23.5. The standard InChI is InChI=1S/C13H15Cl2FNO.C8H13N3O2S.U/c1-17-13(6-2-3-7-13)12(18)10-9(16)5-4-8(14)11(10)15;1-7-8(10-6-9-7)14(12,13)11-4-2-3-5-11;/h4-5,12,18H,2-3,6-7H2,1H3;6H,2-5H2,1H3,(H,9,10);/q-1;;. The third-order valence-corrected chi connectivity index (χ3v) is 8.97. The largest absolute Gasteiger partial charge is 0.657 e. The molecular formula is C21H28Cl2FN4O3SU-. The van der Waals surface area contributed by atoms with Crippen LogP contribution in [0.3, 0.4) is 0 Å². The number of benzene rings is 1. The molecule has 2 heterocycles. The van der Waals surface area contributed by atoms with Crippen molar-refractivity contribution in [1.29, 1.82) is 0 Å². The second kappa shape index (κ2) is 12.2. The fourth-order valence-electron chi connectivity index (χ4n) is 4.33. The Balaban J connectivity index is 0.000000233. The molecule has 0 radical (unpaired) electrons. The molecule has 0 bridgehead atoms. The number of nitrogens with one attached hydrogen (secondary N) is 1. The minimum absolute atomic E-state index is 0. The molecule has 1 unspecified atom stereocenters. The van der Waals surface area contributed by atoms with Crippen molar-refractivity contribution in [2.45, 2.75) is 62.1 Å². The molecule has 2 N–H and O–H groups in total. The first-order valence-corrected chi connectivity index (χ1v) is 12.8. The van der Waals surface area contributed by atoms with Crippen LogP contribution in [0.4, 0.5) is 4.39 Å². The Kier molecular flexibility index (Phi) is 10.7. The Morgan fingerprint density at radius 3 is 2.33 bits per heavy atom. The summed E-state index contributed by atoms with van der Waals surface area (Å²) in [5, 5.41) is 15.3. The molecule has 1 aromatic carbocycles. The molecule has 1 aromatic heterocycles. The first kappa shape index (κ1) is 29.1. The quantitative estimate of drug-likeness (QED) is 0.422. The van der Waals surface area contributed by atoms with Gasteiger partial charge in [-0.1, -0.05) is 54.4 Å². The summed E-state index contributed by atoms with van der Waals surface area (Å²) < 4.78 is 39.3. The molecule has 4 rings (SSSR count). The van der Waals surface area contributed by atoms with E-state index in [1.54, 1.807) is 14.0 Å². The van der Waals surface area contributed by atoms with Gasteiger partial charge in [0, 0.05) is 49.8 Å². The van der Waals surface area contributed by atoms with Crippen LogP contribution in [0.1, 0.15) is 55.9 Å². The van der Waals surface area contributed by atoms with Crippen LogP contribution in [0.15, 0.2) is 23.5 Å². The van der Waals surface area contributed by atoms with Crippen LogP contribution in [-0.4, -0.2) is 53.5 Å². The van der Waals surface area contributed by atoms with E-state index in [0.29, 0.717) is 18.8 Å². The van der Waals surface area contributed by atoms with Gasteiger partial charge < -0.3 is 15.4 Å². The van der Waals surface area contributed by atoms with Crippen LogP contribution >= 0.6 is 23.2 Å². The van der Waals surface area contributed by atoms with Gasteiger partial charge >= 0.3 is 0 Å². The number of nitrogens with zero attached hydrogens (tertiary/aromatic N) is 3. The van der Waals surface area contributed by atoms with E-state index in [0.717, 1.165) is 38.5 Å². The number of H-pyrrole nitrogens is 1. The minimum Gasteiger partial charge on any atom is -0.657 e. The topological polar surface area (TPSA) is 100 Å². The Labute approximate surface area is 228 Å². The summed E-state index contributed by atoms with van der Waals surface area (Å²) >= 11 is 11.9. The van der Waals surface area contributed by atoms with Gasteiger partial charge in [0.15, 0.2) is 5.03 Å². The van der Waals surface area contributed by atoms with Crippen LogP contribution in [-0.2, 0) is 10.0 Å². The molecule has 1 aliphatic carbocycles. The Hall–Kier alpha value is -0.178. The van der Waals surface area contributed by atoms with E-state index in [1.807, 2.05) is 0 Å². The number of aryl methyl sites for hydroxylation is 1. The van der Waals surface area contributed by atoms with Crippen LogP contribution in [0.5, 0.6) is 0 Å². The van der Waals surface area contributed by atoms with Crippen molar-refractivity contribution < 1.29 is 49.0 Å². The van der Waals surface area contributed by atoms with E-state index < -0.39 is 27.5 Å². The second-order valence-corrected chi connectivity index (χ2v) is 10.8. The average molecular weight is 744 g/mol. The van der Waals surface area contributed by atoms with Gasteiger partial charge in [-0.2, -0.15) is 11.4 Å². The zero-order valence-electron chi connectivity index (χ0n) is 18.6. The maximum Gasteiger partial charge on any atom is 0.262 e. The third-order valence-electron chi connectivity index (χ3n) is 6.21. The van der Waals surface area contributed by atoms with Crippen molar-refractivity contribution >= 4 is 33.2 Å². The Morgan fingerprint density at radius 1 is 1.21 bits per heavy atom. The molecule has 2 fully saturated rings. The molecule has 7 nitrogen and oxygen atoms in total. The fourth-order valence-corrected chi connectivity index (χ4v) is 6.36. The summed E-state index contributed by atoms with van der Waals surface area (Å²) in [5.74, 6) is -0.535. The molecule has 1 atom stereocenters. The predicted octanol–water partition coefficient (Wildman–Crippen LogP) is 4.98. The number of aliphatic hydroxyl groups is 1. The van der Waals surface area contributed by atoms with Gasteiger partial charge in [-0.15, -0.1) is 0 Å². The Morgan fingerprint density at radius 2 is 1.82 bits per heavy atom. The number of imidazole rings is 1. The SMILES string of the molecule is C[N-]C1(C(O)c2c(F)ccc(Cl)c2Cl)CCCC1.Cc1[nH]cnc1S(=O)(=O)N1CCCC1.[U]. The smallest absolute Gasteiger partial charge is 0.262 e. The molecule has 1 saturated heterocycles. The zero-order valence-corrected chi connectivity index (χ0v) is 25.1. The van der Waals surface area contributed by atoms with Crippen molar-refractivity contribution in [1.82, 2.24) is 14.3 Å². The maximum absolute atomic E-state index is 13.9. The summed E-state index contributed by atoms with van der Waals surface area (Å²) in [7, 11) is -1.68. The third kappa shape index (κ3) is 6.15. The van der Waals surface area contributed by atoms with E-state index in [2.05, 4.69) is 15.3 Å². The molecule has 33 heavy (non-hydrogen) atoms. The molecule has 182 valence electrons. The molecule has 12 heteroatoms. The molecule has 2 aliphatic rings. The van der Waals surface area contributed by atoms with Crippen LogP contribution in [0.25, 0.3) is 5.32 Å². The van der Waals surface area contributed by atoms with Crippen LogP contribution in [0.2, 0.25) is 10.0 Å². The predicted molar refractivity (Wildman–Crippen MR) is 123 cm³/mol. The van der Waals surface area contributed by atoms with Crippen molar-refractivity contribution in [3.8, 4) is 0 Å². The number of rotatable bonds is 5. The van der Waals surface area contributed by atoms with Crippen molar-refractivity contribution in [2.24, 2.45) is 0 Å². The average Bonchev–Trinajstić information content (AvgIpc) is 3.53. The van der Waals surface area contributed by atoms with Crippen molar-refractivity contribution in [2.75, 3.05) is 20.1 Å². The van der Waals surface area contributed by atoms with Gasteiger partial charge in [-0.05, 0) is 31.9 Å². The minimum atomic E-state index is -3.34. The Bertz CT molecular complexity index is 1040. The summed E-state index contributed by atoms with van der Waals surface area (Å²) in [6.45, 7) is 2.96. The van der Waals surface area contributed by atoms with Gasteiger partial charge in [-0.3, -0.25) is 0 Å². The van der Waals surface area contributed by atoms with Crippen molar-refractivity contribution in [3.63, 3.8) is 0 Å². The number of halogens is 3. The van der Waals surface area contributed by atoms with Crippen molar-refractivity contribution in [3.05, 3.63) is 50.9 Å². The molecular weight excluding hydrogens is 716 g/mol. The number of likely N-dealkylation sites (N-methyl/N-ethyl adjacent to an activating group) is 1. The molecule has 0 amide bonds. The molecule has 2 aromatic rings. The van der Waals surface area contributed by atoms with E-state index >= 15 is 0 Å². The number of sulfonamides is 1. The fraction of sp³-hybridized carbons (Fsp3) is 0.571. The first-order chi connectivity index (χ1) is 15.1. The normalized spacial score (nSPS) is 19.0. The number of aromatic nitrogens is 2. The van der Waals surface area contributed by atoms with E-state index in [9.17, 15) is 17.9 Å². The van der Waals surface area contributed by atoms with Gasteiger partial charge in [0.05, 0.1) is 28.2 Å². The summed E-state index contributed by atoms with van der Waals surface area (Å²) in [6.07, 6.45) is 5.71. The van der Waals surface area contributed by atoms with Gasteiger partial charge in [0.2, 0.25) is 0 Å². The molecule has 0 spiro atoms. The first-order valence-electron chi connectivity index (χ1n) is 10.6. The summed E-state index contributed by atoms with van der Waals surface area (Å²) in [5.41, 5.74) is 0.0448. The van der Waals surface area contributed by atoms with Gasteiger partial charge in [-0.25, -0.2) is 17.8 Å². The number of aliphatic hydroxyl groups excluding tert-OH is 1. The molecule has 1 aliphatic heterocycles. The maximum atomic E-state index is 13.9. The van der Waals surface area contributed by atoms with Crippen LogP contribution < -0.4 is 0 Å². The summed E-state index contributed by atoms with van der Waals surface area (Å²) in [6, 6.07) is 2.62. The summed E-state index contributed by atoms with van der Waals surface area (Å²) in [4.78, 5) is 6.63. The number of hydrogen-bond acceptors (Lipinski definition) is 4.